The first kappa shape index (κ1) is 14.4. The maximum absolute atomic E-state index is 11.6. The Balaban J connectivity index is 3.80. The maximum Gasteiger partial charge on any atom is 0.237 e. The molecule has 0 aliphatic heterocycles. The van der Waals surface area contributed by atoms with Gasteiger partial charge < -0.3 is 11.1 Å². The summed E-state index contributed by atoms with van der Waals surface area (Å²) < 4.78 is 0. The molecule has 1 unspecified atom stereocenters. The number of carbonyl (C=O) groups is 1. The average molecular weight is 214 g/mol. The third-order valence-corrected chi connectivity index (χ3v) is 2.42. The molecule has 3 N–H and O–H groups in total. The highest BCUT2D eigenvalue weighted by molar-refractivity contribution is 5.81. The molecule has 90 valence electrons. The van der Waals surface area contributed by atoms with Crippen LogP contribution in [0.5, 0.6) is 0 Å². The number of nitrogens with two attached hydrogens (primary N) is 1. The van der Waals surface area contributed by atoms with Crippen LogP contribution in [-0.4, -0.2) is 18.0 Å². The van der Waals surface area contributed by atoms with Gasteiger partial charge in [0.2, 0.25) is 5.91 Å². The number of unbranched alkanes of at least 4 members (excludes halogenated alkanes) is 1. The molecular weight excluding hydrogens is 188 g/mol. The number of carbonyl (C=O) groups excluding carboxylic acids is 1. The van der Waals surface area contributed by atoms with Gasteiger partial charge in [0.15, 0.2) is 0 Å². The maximum atomic E-state index is 11.6. The number of hydrogen-bond donors (Lipinski definition) is 2. The summed E-state index contributed by atoms with van der Waals surface area (Å²) in [5, 5.41) is 2.96. The summed E-state index contributed by atoms with van der Waals surface area (Å²) >= 11 is 0. The molecule has 1 amide bonds. The topological polar surface area (TPSA) is 55.1 Å². The number of amides is 1. The number of nitrogens with one attached hydrogen (secondary N) is 1. The first-order valence-corrected chi connectivity index (χ1v) is 6.03. The summed E-state index contributed by atoms with van der Waals surface area (Å²) in [6.45, 7) is 8.44. The number of rotatable bonds is 7. The van der Waals surface area contributed by atoms with Crippen molar-refractivity contribution in [3.63, 3.8) is 0 Å². The molecule has 0 aromatic rings. The van der Waals surface area contributed by atoms with Crippen LogP contribution in [0, 0.1) is 5.92 Å². The standard InChI is InChI=1S/C12H26N2O/c1-5-6-7-11(13)12(15)14-10(4)8-9(2)3/h9-11H,5-8,13H2,1-4H3,(H,14,15)/t10?,11-/m0/s1. The molecular formula is C12H26N2O. The lowest BCUT2D eigenvalue weighted by Crippen LogP contribution is -2.44. The molecule has 0 radical (unpaired) electrons. The lowest BCUT2D eigenvalue weighted by Gasteiger charge is -2.18. The van der Waals surface area contributed by atoms with Gasteiger partial charge >= 0.3 is 0 Å². The van der Waals surface area contributed by atoms with E-state index in [0.29, 0.717) is 5.92 Å². The van der Waals surface area contributed by atoms with E-state index in [-0.39, 0.29) is 18.0 Å². The molecule has 3 nitrogen and oxygen atoms in total. The summed E-state index contributed by atoms with van der Waals surface area (Å²) in [6, 6.07) is -0.107. The van der Waals surface area contributed by atoms with Crippen LogP contribution in [0.3, 0.4) is 0 Å². The van der Waals surface area contributed by atoms with Gasteiger partial charge in [-0.25, -0.2) is 0 Å². The SMILES string of the molecule is CCCC[C@H](N)C(=O)NC(C)CC(C)C. The van der Waals surface area contributed by atoms with Gasteiger partial charge in [-0.2, -0.15) is 0 Å². The van der Waals surface area contributed by atoms with Gasteiger partial charge in [-0.05, 0) is 25.7 Å². The van der Waals surface area contributed by atoms with Crippen LogP contribution < -0.4 is 11.1 Å². The third-order valence-electron chi connectivity index (χ3n) is 2.42. The van der Waals surface area contributed by atoms with Gasteiger partial charge in [0, 0.05) is 6.04 Å². The molecule has 0 aliphatic rings. The zero-order valence-electron chi connectivity index (χ0n) is 10.5. The lowest BCUT2D eigenvalue weighted by atomic mass is 10.0. The van der Waals surface area contributed by atoms with Gasteiger partial charge in [-0.3, -0.25) is 4.79 Å². The average Bonchev–Trinajstić information content (AvgIpc) is 2.12. The van der Waals surface area contributed by atoms with Crippen LogP contribution >= 0.6 is 0 Å². The second kappa shape index (κ2) is 7.69. The van der Waals surface area contributed by atoms with E-state index in [4.69, 9.17) is 5.73 Å². The monoisotopic (exact) mass is 214 g/mol. The predicted octanol–water partition coefficient (Wildman–Crippen LogP) is 2.05. The Morgan fingerprint density at radius 3 is 2.40 bits per heavy atom. The molecule has 2 atom stereocenters. The van der Waals surface area contributed by atoms with Crippen molar-refractivity contribution in [3.05, 3.63) is 0 Å². The minimum Gasteiger partial charge on any atom is -0.352 e. The summed E-state index contributed by atoms with van der Waals surface area (Å²) in [7, 11) is 0. The zero-order valence-corrected chi connectivity index (χ0v) is 10.5. The summed E-state index contributed by atoms with van der Waals surface area (Å²) in [5.41, 5.74) is 5.77. The Morgan fingerprint density at radius 1 is 1.33 bits per heavy atom. The Kier molecular flexibility index (Phi) is 7.39. The summed E-state index contributed by atoms with van der Waals surface area (Å²) in [6.07, 6.45) is 3.90. The quantitative estimate of drug-likeness (QED) is 0.681. The summed E-state index contributed by atoms with van der Waals surface area (Å²) in [4.78, 5) is 11.6. The van der Waals surface area contributed by atoms with E-state index < -0.39 is 0 Å². The van der Waals surface area contributed by atoms with Gasteiger partial charge in [0.1, 0.15) is 0 Å². The molecule has 15 heavy (non-hydrogen) atoms. The smallest absolute Gasteiger partial charge is 0.237 e. The van der Waals surface area contributed by atoms with Crippen molar-refractivity contribution in [1.82, 2.24) is 5.32 Å². The molecule has 0 rings (SSSR count). The van der Waals surface area contributed by atoms with Crippen molar-refractivity contribution in [2.24, 2.45) is 11.7 Å². The van der Waals surface area contributed by atoms with Crippen molar-refractivity contribution >= 4 is 5.91 Å². The molecule has 0 aromatic carbocycles. The highest BCUT2D eigenvalue weighted by atomic mass is 16.2. The van der Waals surface area contributed by atoms with E-state index >= 15 is 0 Å². The predicted molar refractivity (Wildman–Crippen MR) is 64.6 cm³/mol. The zero-order chi connectivity index (χ0) is 11.8. The second-order valence-corrected chi connectivity index (χ2v) is 4.79. The van der Waals surface area contributed by atoms with E-state index in [1.807, 2.05) is 6.92 Å². The van der Waals surface area contributed by atoms with Gasteiger partial charge in [0.05, 0.1) is 6.04 Å². The van der Waals surface area contributed by atoms with Crippen molar-refractivity contribution < 1.29 is 4.79 Å². The fraction of sp³-hybridized carbons (Fsp3) is 0.917. The molecule has 0 aliphatic carbocycles. The molecule has 0 bridgehead atoms. The van der Waals surface area contributed by atoms with E-state index in [2.05, 4.69) is 26.1 Å². The van der Waals surface area contributed by atoms with E-state index in [1.54, 1.807) is 0 Å². The van der Waals surface area contributed by atoms with Crippen molar-refractivity contribution in [1.29, 1.82) is 0 Å². The lowest BCUT2D eigenvalue weighted by molar-refractivity contribution is -0.123. The van der Waals surface area contributed by atoms with Crippen LogP contribution in [0.15, 0.2) is 0 Å². The van der Waals surface area contributed by atoms with Crippen molar-refractivity contribution in [2.45, 2.75) is 65.5 Å². The number of hydrogen-bond acceptors (Lipinski definition) is 2. The molecule has 0 spiro atoms. The Labute approximate surface area is 93.8 Å². The molecule has 0 saturated carbocycles. The van der Waals surface area contributed by atoms with Crippen LogP contribution in [0.2, 0.25) is 0 Å². The van der Waals surface area contributed by atoms with Crippen molar-refractivity contribution in [2.75, 3.05) is 0 Å². The van der Waals surface area contributed by atoms with Gasteiger partial charge in [0.25, 0.3) is 0 Å². The fourth-order valence-electron chi connectivity index (χ4n) is 1.67. The van der Waals surface area contributed by atoms with Crippen LogP contribution in [0.1, 0.15) is 53.4 Å². The van der Waals surface area contributed by atoms with Crippen LogP contribution in [-0.2, 0) is 4.79 Å². The molecule has 0 aromatic heterocycles. The van der Waals surface area contributed by atoms with Crippen LogP contribution in [0.25, 0.3) is 0 Å². The molecule has 3 heteroatoms. The molecule has 0 saturated heterocycles. The van der Waals surface area contributed by atoms with E-state index in [9.17, 15) is 4.79 Å². The minimum atomic E-state index is -0.334. The third kappa shape index (κ3) is 7.37. The van der Waals surface area contributed by atoms with Crippen LogP contribution in [0.4, 0.5) is 0 Å². The second-order valence-electron chi connectivity index (χ2n) is 4.79. The summed E-state index contributed by atoms with van der Waals surface area (Å²) in [5.74, 6) is 0.601. The highest BCUT2D eigenvalue weighted by Crippen LogP contribution is 2.05. The van der Waals surface area contributed by atoms with E-state index in [0.717, 1.165) is 25.7 Å². The first-order chi connectivity index (χ1) is 6.97. The highest BCUT2D eigenvalue weighted by Gasteiger charge is 2.15. The molecule has 0 fully saturated rings. The normalized spacial score (nSPS) is 15.1. The van der Waals surface area contributed by atoms with Crippen molar-refractivity contribution in [3.8, 4) is 0 Å². The van der Waals surface area contributed by atoms with Gasteiger partial charge in [-0.1, -0.05) is 33.6 Å². The Hall–Kier alpha value is -0.570. The fourth-order valence-corrected chi connectivity index (χ4v) is 1.67. The minimum absolute atomic E-state index is 0.00315. The van der Waals surface area contributed by atoms with Gasteiger partial charge in [-0.15, -0.1) is 0 Å². The van der Waals surface area contributed by atoms with E-state index in [1.165, 1.54) is 0 Å². The first-order valence-electron chi connectivity index (χ1n) is 6.03. The Bertz CT molecular complexity index is 180. The Morgan fingerprint density at radius 2 is 1.93 bits per heavy atom. The largest absolute Gasteiger partial charge is 0.352 e. The molecule has 0 heterocycles.